The molecule has 0 bridgehead atoms. The quantitative estimate of drug-likeness (QED) is 0.615. The highest BCUT2D eigenvalue weighted by Gasteiger charge is 2.46. The van der Waals surface area contributed by atoms with Crippen LogP contribution in [0.3, 0.4) is 0 Å². The number of pyridine rings is 1. The van der Waals surface area contributed by atoms with Crippen LogP contribution in [0, 0.1) is 30.9 Å². The first kappa shape index (κ1) is 15.5. The van der Waals surface area contributed by atoms with Gasteiger partial charge in [0.15, 0.2) is 0 Å². The Bertz CT molecular complexity index is 798. The van der Waals surface area contributed by atoms with Crippen LogP contribution in [0.2, 0.25) is 0 Å². The van der Waals surface area contributed by atoms with Gasteiger partial charge in [0, 0.05) is 34.6 Å². The molecule has 1 aliphatic heterocycles. The molecule has 0 fully saturated rings. The maximum absolute atomic E-state index is 11.6. The molecule has 5 nitrogen and oxygen atoms in total. The van der Waals surface area contributed by atoms with Crippen molar-refractivity contribution < 1.29 is 9.66 Å². The van der Waals surface area contributed by atoms with Gasteiger partial charge in [-0.25, -0.2) is 0 Å². The van der Waals surface area contributed by atoms with E-state index in [-0.39, 0.29) is 16.5 Å². The lowest BCUT2D eigenvalue weighted by atomic mass is 9.79. The van der Waals surface area contributed by atoms with Crippen LogP contribution >= 0.6 is 0 Å². The van der Waals surface area contributed by atoms with Gasteiger partial charge in [0.1, 0.15) is 11.4 Å². The number of nitrogens with zero attached hydrogens (tertiary/aromatic N) is 2. The molecule has 5 heteroatoms. The number of hydrogen-bond donors (Lipinski definition) is 0. The lowest BCUT2D eigenvalue weighted by Gasteiger charge is -2.26. The van der Waals surface area contributed by atoms with Crippen LogP contribution in [0.5, 0.6) is 5.75 Å². The number of nitro groups is 1. The maximum atomic E-state index is 11.6. The van der Waals surface area contributed by atoms with E-state index in [1.54, 1.807) is 13.1 Å². The summed E-state index contributed by atoms with van der Waals surface area (Å²) in [4.78, 5) is 15.5. The third-order valence-electron chi connectivity index (χ3n) is 4.81. The summed E-state index contributed by atoms with van der Waals surface area (Å²) in [5, 5.41) is 11.6. The largest absolute Gasteiger partial charge is 0.486 e. The Morgan fingerprint density at radius 2 is 1.91 bits per heavy atom. The summed E-state index contributed by atoms with van der Waals surface area (Å²) < 4.78 is 6.24. The van der Waals surface area contributed by atoms with Gasteiger partial charge >= 0.3 is 0 Å². The maximum Gasteiger partial charge on any atom is 0.276 e. The minimum atomic E-state index is -0.484. The number of rotatable bonds is 2. The minimum absolute atomic E-state index is 0.0794. The molecule has 2 heterocycles. The van der Waals surface area contributed by atoms with Crippen LogP contribution in [0.25, 0.3) is 0 Å². The van der Waals surface area contributed by atoms with E-state index >= 15 is 0 Å². The van der Waals surface area contributed by atoms with E-state index in [2.05, 4.69) is 4.98 Å². The van der Waals surface area contributed by atoms with Gasteiger partial charge in [-0.05, 0) is 46.2 Å². The van der Waals surface area contributed by atoms with Crippen molar-refractivity contribution in [3.8, 4) is 5.75 Å². The van der Waals surface area contributed by atoms with Crippen molar-refractivity contribution in [2.24, 2.45) is 0 Å². The molecule has 0 spiro atoms. The highest BCUT2D eigenvalue weighted by Crippen LogP contribution is 2.53. The van der Waals surface area contributed by atoms with Gasteiger partial charge < -0.3 is 4.74 Å². The van der Waals surface area contributed by atoms with E-state index in [4.69, 9.17) is 4.74 Å². The SMILES string of the molecule is Cc1c(C)c([N+](=O)[O-])c(C)c2c1OC(C)(C)C2c1cccnc1. The number of fused-ring (bicyclic) bond motifs is 1. The first-order chi connectivity index (χ1) is 10.8. The highest BCUT2D eigenvalue weighted by molar-refractivity contribution is 5.66. The molecule has 0 saturated heterocycles. The van der Waals surface area contributed by atoms with Gasteiger partial charge in [-0.1, -0.05) is 6.07 Å². The van der Waals surface area contributed by atoms with E-state index in [0.29, 0.717) is 11.1 Å². The van der Waals surface area contributed by atoms with Crippen LogP contribution in [-0.4, -0.2) is 15.5 Å². The van der Waals surface area contributed by atoms with Crippen LogP contribution in [0.15, 0.2) is 24.5 Å². The summed E-state index contributed by atoms with van der Waals surface area (Å²) in [6, 6.07) is 3.88. The number of aromatic nitrogens is 1. The molecule has 1 aliphatic rings. The Balaban J connectivity index is 2.35. The zero-order chi connectivity index (χ0) is 16.9. The number of ether oxygens (including phenoxy) is 1. The number of benzene rings is 1. The second kappa shape index (κ2) is 5.05. The summed E-state index contributed by atoms with van der Waals surface area (Å²) in [6.07, 6.45) is 3.54. The van der Waals surface area contributed by atoms with Crippen LogP contribution in [-0.2, 0) is 0 Å². The Morgan fingerprint density at radius 3 is 2.48 bits per heavy atom. The van der Waals surface area contributed by atoms with Crippen molar-refractivity contribution in [2.45, 2.75) is 46.1 Å². The van der Waals surface area contributed by atoms with Crippen LogP contribution < -0.4 is 4.74 Å². The van der Waals surface area contributed by atoms with Crippen molar-refractivity contribution >= 4 is 5.69 Å². The van der Waals surface area contributed by atoms with E-state index in [1.165, 1.54) is 0 Å². The Kier molecular flexibility index (Phi) is 3.39. The topological polar surface area (TPSA) is 65.3 Å². The molecule has 1 aromatic heterocycles. The Labute approximate surface area is 135 Å². The normalized spacial score (nSPS) is 18.4. The average molecular weight is 312 g/mol. The molecule has 120 valence electrons. The minimum Gasteiger partial charge on any atom is -0.486 e. The molecule has 2 aromatic rings. The summed E-state index contributed by atoms with van der Waals surface area (Å²) in [6.45, 7) is 9.53. The van der Waals surface area contributed by atoms with Gasteiger partial charge in [-0.3, -0.25) is 15.1 Å². The lowest BCUT2D eigenvalue weighted by molar-refractivity contribution is -0.386. The molecule has 0 aliphatic carbocycles. The van der Waals surface area contributed by atoms with Crippen LogP contribution in [0.1, 0.15) is 47.6 Å². The highest BCUT2D eigenvalue weighted by atomic mass is 16.6. The average Bonchev–Trinajstić information content (AvgIpc) is 2.77. The Hall–Kier alpha value is -2.43. The van der Waals surface area contributed by atoms with Gasteiger partial charge in [-0.15, -0.1) is 0 Å². The summed E-state index contributed by atoms with van der Waals surface area (Å²) in [5.41, 5.74) is 3.84. The van der Waals surface area contributed by atoms with E-state index in [0.717, 1.165) is 22.4 Å². The fourth-order valence-electron chi connectivity index (χ4n) is 3.67. The van der Waals surface area contributed by atoms with Gasteiger partial charge in [0.25, 0.3) is 5.69 Å². The smallest absolute Gasteiger partial charge is 0.276 e. The number of nitro benzene ring substituents is 1. The van der Waals surface area contributed by atoms with Crippen molar-refractivity contribution in [1.29, 1.82) is 0 Å². The monoisotopic (exact) mass is 312 g/mol. The first-order valence-corrected chi connectivity index (χ1v) is 7.62. The third-order valence-corrected chi connectivity index (χ3v) is 4.81. The predicted octanol–water partition coefficient (Wildman–Crippen LogP) is 4.22. The van der Waals surface area contributed by atoms with E-state index in [9.17, 15) is 10.1 Å². The van der Waals surface area contributed by atoms with Crippen LogP contribution in [0.4, 0.5) is 5.69 Å². The second-order valence-corrected chi connectivity index (χ2v) is 6.65. The summed E-state index contributed by atoms with van der Waals surface area (Å²) in [5.74, 6) is 0.702. The van der Waals surface area contributed by atoms with E-state index in [1.807, 2.05) is 46.0 Å². The van der Waals surface area contributed by atoms with E-state index < -0.39 is 5.60 Å². The molecule has 0 radical (unpaired) electrons. The lowest BCUT2D eigenvalue weighted by Crippen LogP contribution is -2.31. The zero-order valence-electron chi connectivity index (χ0n) is 14.0. The fraction of sp³-hybridized carbons (Fsp3) is 0.389. The molecule has 1 aromatic carbocycles. The van der Waals surface area contributed by atoms with Gasteiger partial charge in [0.05, 0.1) is 10.8 Å². The molecule has 0 amide bonds. The molecule has 23 heavy (non-hydrogen) atoms. The summed E-state index contributed by atoms with van der Waals surface area (Å²) in [7, 11) is 0. The molecule has 1 atom stereocenters. The zero-order valence-corrected chi connectivity index (χ0v) is 14.0. The predicted molar refractivity (Wildman–Crippen MR) is 88.1 cm³/mol. The molecule has 3 rings (SSSR count). The molecular formula is C18H20N2O3. The number of hydrogen-bond acceptors (Lipinski definition) is 4. The standard InChI is InChI=1S/C18H20N2O3/c1-10-11(2)17-14(12(3)16(10)20(21)22)15(18(4,5)23-17)13-7-6-8-19-9-13/h6-9,15H,1-5H3. The fourth-order valence-corrected chi connectivity index (χ4v) is 3.67. The van der Waals surface area contributed by atoms with Crippen molar-refractivity contribution in [2.75, 3.05) is 0 Å². The van der Waals surface area contributed by atoms with Crippen molar-refractivity contribution in [1.82, 2.24) is 4.98 Å². The third kappa shape index (κ3) is 2.19. The molecule has 0 saturated carbocycles. The molecular weight excluding hydrogens is 292 g/mol. The Morgan fingerprint density at radius 1 is 1.22 bits per heavy atom. The summed E-state index contributed by atoms with van der Waals surface area (Å²) >= 11 is 0. The molecule has 1 unspecified atom stereocenters. The second-order valence-electron chi connectivity index (χ2n) is 6.65. The first-order valence-electron chi connectivity index (χ1n) is 7.62. The van der Waals surface area contributed by atoms with Crippen molar-refractivity contribution in [3.63, 3.8) is 0 Å². The van der Waals surface area contributed by atoms with Gasteiger partial charge in [-0.2, -0.15) is 0 Å². The molecule has 0 N–H and O–H groups in total. The van der Waals surface area contributed by atoms with Crippen molar-refractivity contribution in [3.05, 3.63) is 62.5 Å². The van der Waals surface area contributed by atoms with Gasteiger partial charge in [0.2, 0.25) is 0 Å².